The molecule has 4 heteroatoms. The Kier molecular flexibility index (Phi) is 4.77. The van der Waals surface area contributed by atoms with Gasteiger partial charge in [-0.2, -0.15) is 0 Å². The van der Waals surface area contributed by atoms with Crippen molar-refractivity contribution in [2.45, 2.75) is 38.3 Å². The summed E-state index contributed by atoms with van der Waals surface area (Å²) in [6.07, 6.45) is 4.91. The lowest BCUT2D eigenvalue weighted by Crippen LogP contribution is -2.20. The molecule has 1 fully saturated rings. The van der Waals surface area contributed by atoms with E-state index in [4.69, 9.17) is 14.2 Å². The Morgan fingerprint density at radius 3 is 2.95 bits per heavy atom. The van der Waals surface area contributed by atoms with Gasteiger partial charge in [-0.25, -0.2) is 0 Å². The van der Waals surface area contributed by atoms with Crippen LogP contribution >= 0.6 is 0 Å². The second-order valence-electron chi connectivity index (χ2n) is 5.40. The quantitative estimate of drug-likeness (QED) is 0.840. The lowest BCUT2D eigenvalue weighted by molar-refractivity contribution is 0.104. The molecule has 0 aromatic heterocycles. The number of hydrogen-bond donors (Lipinski definition) is 1. The summed E-state index contributed by atoms with van der Waals surface area (Å²) in [6.45, 7) is 4.21. The molecule has 1 saturated heterocycles. The molecule has 0 saturated carbocycles. The second kappa shape index (κ2) is 6.95. The van der Waals surface area contributed by atoms with Crippen molar-refractivity contribution < 1.29 is 14.2 Å². The van der Waals surface area contributed by atoms with Crippen LogP contribution in [-0.2, 0) is 11.3 Å². The topological polar surface area (TPSA) is 39.7 Å². The second-order valence-corrected chi connectivity index (χ2v) is 5.40. The maximum Gasteiger partial charge on any atom is 0.165 e. The normalized spacial score (nSPS) is 21.7. The lowest BCUT2D eigenvalue weighted by atomic mass is 10.1. The van der Waals surface area contributed by atoms with E-state index in [1.807, 2.05) is 12.1 Å². The number of ether oxygens (including phenoxy) is 3. The first-order valence-corrected chi connectivity index (χ1v) is 7.63. The molecule has 2 heterocycles. The molecule has 1 unspecified atom stereocenters. The summed E-state index contributed by atoms with van der Waals surface area (Å²) >= 11 is 0. The zero-order valence-electron chi connectivity index (χ0n) is 11.9. The van der Waals surface area contributed by atoms with Crippen molar-refractivity contribution in [1.82, 2.24) is 5.32 Å². The summed E-state index contributed by atoms with van der Waals surface area (Å²) in [4.78, 5) is 0. The zero-order chi connectivity index (χ0) is 13.6. The molecule has 0 bridgehead atoms. The van der Waals surface area contributed by atoms with E-state index in [9.17, 15) is 0 Å². The van der Waals surface area contributed by atoms with Gasteiger partial charge in [-0.15, -0.1) is 0 Å². The first-order chi connectivity index (χ1) is 9.93. The van der Waals surface area contributed by atoms with E-state index >= 15 is 0 Å². The van der Waals surface area contributed by atoms with Crippen LogP contribution in [0.15, 0.2) is 18.2 Å². The maximum absolute atomic E-state index is 5.82. The van der Waals surface area contributed by atoms with E-state index in [1.165, 1.54) is 18.4 Å². The first-order valence-electron chi connectivity index (χ1n) is 7.63. The fourth-order valence-corrected chi connectivity index (χ4v) is 2.75. The van der Waals surface area contributed by atoms with Gasteiger partial charge in [0.25, 0.3) is 0 Å². The van der Waals surface area contributed by atoms with Crippen molar-refractivity contribution in [3.8, 4) is 11.5 Å². The summed E-state index contributed by atoms with van der Waals surface area (Å²) in [7, 11) is 0. The van der Waals surface area contributed by atoms with Crippen LogP contribution in [0.25, 0.3) is 0 Å². The molecule has 0 aliphatic carbocycles. The molecule has 0 radical (unpaired) electrons. The van der Waals surface area contributed by atoms with Crippen LogP contribution in [0.3, 0.4) is 0 Å². The Hall–Kier alpha value is -1.26. The van der Waals surface area contributed by atoms with Crippen LogP contribution in [0.2, 0.25) is 0 Å². The maximum atomic E-state index is 5.82. The number of benzene rings is 1. The standard InChI is InChI=1S/C16H23NO3/c1-4-13(12-17-8-7-14-5-2-9-18-14)16-15(6-1)19-10-3-11-20-16/h1,4,6,14,17H,2-3,5,7-12H2. The Balaban J connectivity index is 1.51. The summed E-state index contributed by atoms with van der Waals surface area (Å²) < 4.78 is 17.2. The van der Waals surface area contributed by atoms with Crippen molar-refractivity contribution in [3.63, 3.8) is 0 Å². The summed E-state index contributed by atoms with van der Waals surface area (Å²) in [6, 6.07) is 6.12. The van der Waals surface area contributed by atoms with Crippen LogP contribution in [0.5, 0.6) is 11.5 Å². The Labute approximate surface area is 120 Å². The van der Waals surface area contributed by atoms with Gasteiger partial charge in [-0.1, -0.05) is 12.1 Å². The molecule has 1 aromatic rings. The minimum atomic E-state index is 0.454. The molecule has 3 rings (SSSR count). The van der Waals surface area contributed by atoms with Crippen LogP contribution in [0.1, 0.15) is 31.2 Å². The summed E-state index contributed by atoms with van der Waals surface area (Å²) in [5.41, 5.74) is 1.18. The molecule has 110 valence electrons. The van der Waals surface area contributed by atoms with Crippen molar-refractivity contribution >= 4 is 0 Å². The SMILES string of the molecule is c1cc(CNCCC2CCCO2)c2c(c1)OCCCO2. The van der Waals surface area contributed by atoms with Crippen LogP contribution < -0.4 is 14.8 Å². The number of fused-ring (bicyclic) bond motifs is 1. The van der Waals surface area contributed by atoms with Gasteiger partial charge in [0.05, 0.1) is 19.3 Å². The fraction of sp³-hybridized carbons (Fsp3) is 0.625. The average Bonchev–Trinajstić information content (AvgIpc) is 2.87. The number of para-hydroxylation sites is 1. The molecule has 2 aliphatic rings. The van der Waals surface area contributed by atoms with Crippen molar-refractivity contribution in [3.05, 3.63) is 23.8 Å². The van der Waals surface area contributed by atoms with Gasteiger partial charge < -0.3 is 19.5 Å². The lowest BCUT2D eigenvalue weighted by Gasteiger charge is -2.14. The highest BCUT2D eigenvalue weighted by Crippen LogP contribution is 2.33. The Morgan fingerprint density at radius 1 is 1.10 bits per heavy atom. The van der Waals surface area contributed by atoms with E-state index in [1.54, 1.807) is 0 Å². The monoisotopic (exact) mass is 277 g/mol. The molecule has 1 atom stereocenters. The molecule has 1 N–H and O–H groups in total. The highest BCUT2D eigenvalue weighted by molar-refractivity contribution is 5.46. The number of rotatable bonds is 5. The fourth-order valence-electron chi connectivity index (χ4n) is 2.75. The van der Waals surface area contributed by atoms with Gasteiger partial charge in [0.2, 0.25) is 0 Å². The molecule has 1 aromatic carbocycles. The molecule has 0 amide bonds. The molecular formula is C16H23NO3. The van der Waals surface area contributed by atoms with Crippen molar-refractivity contribution in [2.24, 2.45) is 0 Å². The molecular weight excluding hydrogens is 254 g/mol. The highest BCUT2D eigenvalue weighted by Gasteiger charge is 2.16. The smallest absolute Gasteiger partial charge is 0.165 e. The van der Waals surface area contributed by atoms with Gasteiger partial charge in [0, 0.05) is 25.1 Å². The van der Waals surface area contributed by atoms with Crippen molar-refractivity contribution in [1.29, 1.82) is 0 Å². The first kappa shape index (κ1) is 13.7. The zero-order valence-corrected chi connectivity index (χ0v) is 11.9. The van der Waals surface area contributed by atoms with Gasteiger partial charge in [-0.3, -0.25) is 0 Å². The minimum absolute atomic E-state index is 0.454. The van der Waals surface area contributed by atoms with E-state index in [0.29, 0.717) is 6.10 Å². The van der Waals surface area contributed by atoms with E-state index < -0.39 is 0 Å². The van der Waals surface area contributed by atoms with E-state index in [0.717, 1.165) is 57.3 Å². The van der Waals surface area contributed by atoms with E-state index in [-0.39, 0.29) is 0 Å². The summed E-state index contributed by atoms with van der Waals surface area (Å²) in [5.74, 6) is 1.79. The molecule has 4 nitrogen and oxygen atoms in total. The molecule has 20 heavy (non-hydrogen) atoms. The predicted octanol–water partition coefficient (Wildman–Crippen LogP) is 2.51. The largest absolute Gasteiger partial charge is 0.490 e. The van der Waals surface area contributed by atoms with E-state index in [2.05, 4.69) is 11.4 Å². The number of hydrogen-bond acceptors (Lipinski definition) is 4. The van der Waals surface area contributed by atoms with Crippen LogP contribution in [0.4, 0.5) is 0 Å². The molecule has 0 spiro atoms. The van der Waals surface area contributed by atoms with Gasteiger partial charge in [-0.05, 0) is 31.9 Å². The predicted molar refractivity (Wildman–Crippen MR) is 77.3 cm³/mol. The third-order valence-corrected chi connectivity index (χ3v) is 3.84. The molecule has 2 aliphatic heterocycles. The average molecular weight is 277 g/mol. The summed E-state index contributed by atoms with van der Waals surface area (Å²) in [5, 5.41) is 3.48. The van der Waals surface area contributed by atoms with Gasteiger partial charge in [0.1, 0.15) is 0 Å². The number of nitrogens with one attached hydrogen (secondary N) is 1. The minimum Gasteiger partial charge on any atom is -0.490 e. The van der Waals surface area contributed by atoms with Gasteiger partial charge in [0.15, 0.2) is 11.5 Å². The third-order valence-electron chi connectivity index (χ3n) is 3.84. The van der Waals surface area contributed by atoms with Crippen molar-refractivity contribution in [2.75, 3.05) is 26.4 Å². The Bertz CT molecular complexity index is 430. The highest BCUT2D eigenvalue weighted by atomic mass is 16.5. The van der Waals surface area contributed by atoms with Crippen LogP contribution in [0, 0.1) is 0 Å². The van der Waals surface area contributed by atoms with Crippen LogP contribution in [-0.4, -0.2) is 32.5 Å². The van der Waals surface area contributed by atoms with Gasteiger partial charge >= 0.3 is 0 Å². The third kappa shape index (κ3) is 3.44. The Morgan fingerprint density at radius 2 is 2.05 bits per heavy atom.